The molecule has 0 aromatic heterocycles. The van der Waals surface area contributed by atoms with Gasteiger partial charge in [-0.1, -0.05) is 30.3 Å². The molecule has 0 aliphatic heterocycles. The van der Waals surface area contributed by atoms with Crippen molar-refractivity contribution in [1.82, 2.24) is 4.90 Å². The summed E-state index contributed by atoms with van der Waals surface area (Å²) in [5.41, 5.74) is 3.56. The molecule has 0 spiro atoms. The summed E-state index contributed by atoms with van der Waals surface area (Å²) in [5, 5.41) is 11.7. The molecule has 0 radical (unpaired) electrons. The molecule has 2 amide bonds. The van der Waals surface area contributed by atoms with Crippen molar-refractivity contribution in [1.29, 1.82) is 0 Å². The van der Waals surface area contributed by atoms with E-state index >= 15 is 0 Å². The zero-order valence-corrected chi connectivity index (χ0v) is 15.1. The summed E-state index contributed by atoms with van der Waals surface area (Å²) < 4.78 is 0. The highest BCUT2D eigenvalue weighted by molar-refractivity contribution is 5.96. The third kappa shape index (κ3) is 4.92. The molecule has 0 atom stereocenters. The molecule has 0 fully saturated rings. The number of amides is 2. The maximum absolute atomic E-state index is 12.3. The molecule has 2 N–H and O–H groups in total. The van der Waals surface area contributed by atoms with Gasteiger partial charge in [0, 0.05) is 12.7 Å². The Morgan fingerprint density at radius 1 is 1.00 bits per heavy atom. The number of para-hydroxylation sites is 1. The quantitative estimate of drug-likeness (QED) is 0.835. The Balaban J connectivity index is 1.93. The fourth-order valence-electron chi connectivity index (χ4n) is 2.57. The zero-order valence-electron chi connectivity index (χ0n) is 15.1. The van der Waals surface area contributed by atoms with E-state index < -0.39 is 5.97 Å². The molecule has 2 aromatic carbocycles. The Morgan fingerprint density at radius 3 is 2.12 bits per heavy atom. The van der Waals surface area contributed by atoms with E-state index in [0.717, 1.165) is 16.8 Å². The fourth-order valence-corrected chi connectivity index (χ4v) is 2.57. The van der Waals surface area contributed by atoms with Crippen LogP contribution in [-0.2, 0) is 16.0 Å². The van der Waals surface area contributed by atoms with E-state index in [1.165, 1.54) is 17.0 Å². The average molecular weight is 354 g/mol. The summed E-state index contributed by atoms with van der Waals surface area (Å²) in [7, 11) is 1.57. The summed E-state index contributed by atoms with van der Waals surface area (Å²) >= 11 is 0. The molecule has 26 heavy (non-hydrogen) atoms. The van der Waals surface area contributed by atoms with Gasteiger partial charge >= 0.3 is 5.97 Å². The fraction of sp³-hybridized carbons (Fsp3) is 0.250. The highest BCUT2D eigenvalue weighted by Crippen LogP contribution is 2.19. The first-order valence-electron chi connectivity index (χ1n) is 8.20. The number of nitrogens with zero attached hydrogens (tertiary/aromatic N) is 1. The number of carbonyl (C=O) groups is 3. The van der Waals surface area contributed by atoms with Gasteiger partial charge in [-0.3, -0.25) is 9.59 Å². The summed E-state index contributed by atoms with van der Waals surface area (Å²) in [5.74, 6) is -1.49. The predicted molar refractivity (Wildman–Crippen MR) is 99.3 cm³/mol. The van der Waals surface area contributed by atoms with E-state index in [1.54, 1.807) is 19.2 Å². The van der Waals surface area contributed by atoms with Gasteiger partial charge in [0.2, 0.25) is 11.8 Å². The first kappa shape index (κ1) is 19.2. The molecule has 6 nitrogen and oxygen atoms in total. The van der Waals surface area contributed by atoms with Crippen LogP contribution in [-0.4, -0.2) is 41.4 Å². The lowest BCUT2D eigenvalue weighted by molar-refractivity contribution is -0.132. The summed E-state index contributed by atoms with van der Waals surface area (Å²) in [6.45, 7) is 3.77. The number of nitrogens with one attached hydrogen (secondary N) is 1. The van der Waals surface area contributed by atoms with E-state index in [9.17, 15) is 14.4 Å². The molecule has 0 saturated heterocycles. The lowest BCUT2D eigenvalue weighted by Gasteiger charge is -2.18. The number of aryl methyl sites for hydroxylation is 2. The van der Waals surface area contributed by atoms with Crippen LogP contribution in [0, 0.1) is 13.8 Å². The molecule has 136 valence electrons. The van der Waals surface area contributed by atoms with Gasteiger partial charge in [0.15, 0.2) is 0 Å². The highest BCUT2D eigenvalue weighted by atomic mass is 16.4. The topological polar surface area (TPSA) is 86.7 Å². The first-order chi connectivity index (χ1) is 12.3. The number of hydrogen-bond donors (Lipinski definition) is 2. The van der Waals surface area contributed by atoms with Gasteiger partial charge in [-0.05, 0) is 42.7 Å². The van der Waals surface area contributed by atoms with Crippen molar-refractivity contribution in [3.63, 3.8) is 0 Å². The van der Waals surface area contributed by atoms with Gasteiger partial charge < -0.3 is 15.3 Å². The molecule has 0 bridgehead atoms. The van der Waals surface area contributed by atoms with E-state index in [4.69, 9.17) is 5.11 Å². The lowest BCUT2D eigenvalue weighted by Crippen LogP contribution is -2.36. The molecule has 0 heterocycles. The molecule has 0 aliphatic carbocycles. The number of hydrogen-bond acceptors (Lipinski definition) is 3. The van der Waals surface area contributed by atoms with Crippen LogP contribution in [0.3, 0.4) is 0 Å². The van der Waals surface area contributed by atoms with Crippen molar-refractivity contribution in [2.24, 2.45) is 0 Å². The van der Waals surface area contributed by atoms with Crippen molar-refractivity contribution < 1.29 is 19.5 Å². The molecule has 2 aromatic rings. The highest BCUT2D eigenvalue weighted by Gasteiger charge is 2.15. The van der Waals surface area contributed by atoms with Crippen LogP contribution < -0.4 is 5.32 Å². The van der Waals surface area contributed by atoms with Crippen molar-refractivity contribution >= 4 is 23.5 Å². The summed E-state index contributed by atoms with van der Waals surface area (Å²) in [4.78, 5) is 36.7. The third-order valence-electron chi connectivity index (χ3n) is 4.11. The second kappa shape index (κ2) is 8.29. The number of rotatable bonds is 6. The molecule has 0 saturated carbocycles. The van der Waals surface area contributed by atoms with Crippen molar-refractivity contribution in [2.75, 3.05) is 18.9 Å². The van der Waals surface area contributed by atoms with Crippen LogP contribution in [0.4, 0.5) is 5.69 Å². The van der Waals surface area contributed by atoms with Gasteiger partial charge in [-0.15, -0.1) is 0 Å². The molecule has 6 heteroatoms. The maximum atomic E-state index is 12.3. The van der Waals surface area contributed by atoms with Crippen LogP contribution >= 0.6 is 0 Å². The number of carbonyl (C=O) groups excluding carboxylic acids is 2. The van der Waals surface area contributed by atoms with Crippen molar-refractivity contribution in [3.05, 3.63) is 64.7 Å². The maximum Gasteiger partial charge on any atom is 0.335 e. The molecule has 0 unspecified atom stereocenters. The monoisotopic (exact) mass is 354 g/mol. The Hall–Kier alpha value is -3.15. The zero-order chi connectivity index (χ0) is 19.3. The van der Waals surface area contributed by atoms with Crippen molar-refractivity contribution in [3.8, 4) is 0 Å². The van der Waals surface area contributed by atoms with Crippen LogP contribution in [0.1, 0.15) is 27.0 Å². The van der Waals surface area contributed by atoms with Gasteiger partial charge in [-0.2, -0.15) is 0 Å². The standard InChI is InChI=1S/C20H22N2O4/c1-13-5-4-6-14(2)19(13)21-17(23)12-22(3)18(24)11-15-7-9-16(10-8-15)20(25)26/h4-10H,11-12H2,1-3H3,(H,21,23)(H,25,26). The number of likely N-dealkylation sites (N-methyl/N-ethyl adjacent to an activating group) is 1. The van der Waals surface area contributed by atoms with Crippen LogP contribution in [0.5, 0.6) is 0 Å². The number of benzene rings is 2. The largest absolute Gasteiger partial charge is 0.478 e. The van der Waals surface area contributed by atoms with Gasteiger partial charge in [0.1, 0.15) is 0 Å². The number of carboxylic acid groups (broad SMARTS) is 1. The smallest absolute Gasteiger partial charge is 0.335 e. The number of carboxylic acids is 1. The predicted octanol–water partition coefficient (Wildman–Crippen LogP) is 2.64. The minimum atomic E-state index is -1.01. The Bertz CT molecular complexity index is 808. The van der Waals surface area contributed by atoms with Crippen LogP contribution in [0.25, 0.3) is 0 Å². The van der Waals surface area contributed by atoms with E-state index in [1.807, 2.05) is 32.0 Å². The summed E-state index contributed by atoms with van der Waals surface area (Å²) in [6.07, 6.45) is 0.104. The Kier molecular flexibility index (Phi) is 6.11. The van der Waals surface area contributed by atoms with Gasteiger partial charge in [-0.25, -0.2) is 4.79 Å². The average Bonchev–Trinajstić information content (AvgIpc) is 2.58. The Morgan fingerprint density at radius 2 is 1.58 bits per heavy atom. The molecule has 0 aliphatic rings. The van der Waals surface area contributed by atoms with Gasteiger partial charge in [0.25, 0.3) is 0 Å². The number of aromatic carboxylic acids is 1. The lowest BCUT2D eigenvalue weighted by atomic mass is 10.1. The van der Waals surface area contributed by atoms with Gasteiger partial charge in [0.05, 0.1) is 18.5 Å². The van der Waals surface area contributed by atoms with Crippen LogP contribution in [0.2, 0.25) is 0 Å². The first-order valence-corrected chi connectivity index (χ1v) is 8.20. The Labute approximate surface area is 152 Å². The second-order valence-electron chi connectivity index (χ2n) is 6.24. The van der Waals surface area contributed by atoms with E-state index in [-0.39, 0.29) is 30.3 Å². The molecular weight excluding hydrogens is 332 g/mol. The van der Waals surface area contributed by atoms with Crippen molar-refractivity contribution in [2.45, 2.75) is 20.3 Å². The summed E-state index contributed by atoms with van der Waals surface area (Å²) in [6, 6.07) is 11.9. The second-order valence-corrected chi connectivity index (χ2v) is 6.24. The van der Waals surface area contributed by atoms with E-state index in [2.05, 4.69) is 5.32 Å². The van der Waals surface area contributed by atoms with Crippen LogP contribution in [0.15, 0.2) is 42.5 Å². The molecule has 2 rings (SSSR count). The number of anilines is 1. The third-order valence-corrected chi connectivity index (χ3v) is 4.11. The molecular formula is C20H22N2O4. The normalized spacial score (nSPS) is 10.3. The minimum absolute atomic E-state index is 0.0557. The van der Waals surface area contributed by atoms with E-state index in [0.29, 0.717) is 5.56 Å². The SMILES string of the molecule is Cc1cccc(C)c1NC(=O)CN(C)C(=O)Cc1ccc(C(=O)O)cc1. The minimum Gasteiger partial charge on any atom is -0.478 e.